The molecule has 5 rings (SSSR count). The molecular weight excluding hydrogens is 368 g/mol. The minimum absolute atomic E-state index is 0.0112. The molecule has 1 aliphatic carbocycles. The number of benzene rings is 1. The summed E-state index contributed by atoms with van der Waals surface area (Å²) in [4.78, 5) is 44.9. The van der Waals surface area contributed by atoms with Crippen molar-refractivity contribution in [3.05, 3.63) is 65.5 Å². The van der Waals surface area contributed by atoms with E-state index in [-0.39, 0.29) is 42.1 Å². The van der Waals surface area contributed by atoms with Crippen molar-refractivity contribution in [3.63, 3.8) is 0 Å². The second-order valence-corrected chi connectivity index (χ2v) is 8.03. The van der Waals surface area contributed by atoms with Crippen molar-refractivity contribution in [2.45, 2.75) is 24.9 Å². The highest BCUT2D eigenvalue weighted by Crippen LogP contribution is 2.46. The lowest BCUT2D eigenvalue weighted by Crippen LogP contribution is -2.62. The maximum absolute atomic E-state index is 12.5. The second kappa shape index (κ2) is 6.99. The molecule has 2 atom stereocenters. The summed E-state index contributed by atoms with van der Waals surface area (Å²) in [6.07, 6.45) is 2.58. The monoisotopic (exact) mass is 390 g/mol. The summed E-state index contributed by atoms with van der Waals surface area (Å²) < 4.78 is 0. The fourth-order valence-electron chi connectivity index (χ4n) is 4.19. The molecule has 1 saturated heterocycles. The van der Waals surface area contributed by atoms with Crippen LogP contribution in [0.4, 0.5) is 0 Å². The van der Waals surface area contributed by atoms with Gasteiger partial charge in [-0.25, -0.2) is 0 Å². The molecule has 2 aromatic rings. The van der Waals surface area contributed by atoms with Crippen molar-refractivity contribution >= 4 is 17.7 Å². The van der Waals surface area contributed by atoms with Crippen LogP contribution in [0.1, 0.15) is 34.0 Å². The van der Waals surface area contributed by atoms with E-state index >= 15 is 0 Å². The minimum Gasteiger partial charge on any atom is -0.350 e. The molecule has 1 aromatic heterocycles. The highest BCUT2D eigenvalue weighted by molar-refractivity contribution is 6.00. The summed E-state index contributed by atoms with van der Waals surface area (Å²) in [6, 6.07) is 13.2. The molecule has 3 heterocycles. The van der Waals surface area contributed by atoms with Crippen LogP contribution in [0.3, 0.4) is 0 Å². The lowest BCUT2D eigenvalue weighted by Gasteiger charge is -2.40. The van der Waals surface area contributed by atoms with Gasteiger partial charge in [0.1, 0.15) is 6.54 Å². The average Bonchev–Trinajstić information content (AvgIpc) is 3.45. The SMILES string of the molecule is O=C(NC1CN(C(=O)CN2Cc3ccccc3C2=O)C1)[C@@H]1C[C@H]1c1ccccn1. The molecule has 3 aliphatic rings. The molecule has 2 fully saturated rings. The van der Waals surface area contributed by atoms with E-state index in [2.05, 4.69) is 10.3 Å². The van der Waals surface area contributed by atoms with Gasteiger partial charge in [-0.2, -0.15) is 0 Å². The van der Waals surface area contributed by atoms with Crippen molar-refractivity contribution in [2.24, 2.45) is 5.92 Å². The number of hydrogen-bond acceptors (Lipinski definition) is 4. The third-order valence-electron chi connectivity index (χ3n) is 6.00. The van der Waals surface area contributed by atoms with Crippen LogP contribution < -0.4 is 5.32 Å². The van der Waals surface area contributed by atoms with Crippen molar-refractivity contribution in [2.75, 3.05) is 19.6 Å². The van der Waals surface area contributed by atoms with Gasteiger partial charge in [-0.1, -0.05) is 24.3 Å². The fraction of sp³-hybridized carbons (Fsp3) is 0.364. The molecule has 7 heteroatoms. The molecule has 2 aliphatic heterocycles. The number of carbonyl (C=O) groups is 3. The number of nitrogens with one attached hydrogen (secondary N) is 1. The summed E-state index contributed by atoms with van der Waals surface area (Å²) >= 11 is 0. The first-order valence-electron chi connectivity index (χ1n) is 9.96. The number of carbonyl (C=O) groups excluding carboxylic acids is 3. The molecule has 29 heavy (non-hydrogen) atoms. The lowest BCUT2D eigenvalue weighted by molar-refractivity contribution is -0.138. The normalized spacial score (nSPS) is 22.8. The molecular formula is C22H22N4O3. The number of likely N-dealkylation sites (tertiary alicyclic amines) is 1. The Morgan fingerprint density at radius 2 is 1.90 bits per heavy atom. The van der Waals surface area contributed by atoms with Crippen molar-refractivity contribution in [1.29, 1.82) is 0 Å². The topological polar surface area (TPSA) is 82.6 Å². The summed E-state index contributed by atoms with van der Waals surface area (Å²) in [5.41, 5.74) is 2.61. The van der Waals surface area contributed by atoms with Crippen molar-refractivity contribution in [1.82, 2.24) is 20.1 Å². The molecule has 0 bridgehead atoms. The summed E-state index contributed by atoms with van der Waals surface area (Å²) in [5, 5.41) is 3.04. The maximum atomic E-state index is 12.5. The molecule has 1 aromatic carbocycles. The van der Waals surface area contributed by atoms with Crippen molar-refractivity contribution < 1.29 is 14.4 Å². The van der Waals surface area contributed by atoms with E-state index < -0.39 is 0 Å². The van der Waals surface area contributed by atoms with Crippen LogP contribution in [0, 0.1) is 5.92 Å². The van der Waals surface area contributed by atoms with E-state index in [1.54, 1.807) is 22.1 Å². The Morgan fingerprint density at radius 1 is 1.10 bits per heavy atom. The third-order valence-corrected chi connectivity index (χ3v) is 6.00. The number of pyridine rings is 1. The number of aromatic nitrogens is 1. The fourth-order valence-corrected chi connectivity index (χ4v) is 4.19. The van der Waals surface area contributed by atoms with Crippen LogP contribution in [0.2, 0.25) is 0 Å². The first-order chi connectivity index (χ1) is 14.1. The van der Waals surface area contributed by atoms with Crippen LogP contribution in [-0.4, -0.2) is 58.2 Å². The van der Waals surface area contributed by atoms with Crippen molar-refractivity contribution in [3.8, 4) is 0 Å². The van der Waals surface area contributed by atoms with E-state index in [4.69, 9.17) is 0 Å². The zero-order chi connectivity index (χ0) is 20.0. The Labute approximate surface area is 168 Å². The predicted molar refractivity (Wildman–Crippen MR) is 105 cm³/mol. The van der Waals surface area contributed by atoms with Gasteiger partial charge in [0.25, 0.3) is 5.91 Å². The van der Waals surface area contributed by atoms with Gasteiger partial charge in [0, 0.05) is 48.9 Å². The summed E-state index contributed by atoms with van der Waals surface area (Å²) in [7, 11) is 0. The quantitative estimate of drug-likeness (QED) is 0.831. The number of hydrogen-bond donors (Lipinski definition) is 1. The minimum atomic E-state index is -0.0892. The number of fused-ring (bicyclic) bond motifs is 1. The predicted octanol–water partition coefficient (Wildman–Crippen LogP) is 1.17. The molecule has 0 radical (unpaired) electrons. The Balaban J connectivity index is 1.08. The zero-order valence-corrected chi connectivity index (χ0v) is 16.0. The molecule has 0 unspecified atom stereocenters. The van der Waals surface area contributed by atoms with Gasteiger partial charge in [-0.15, -0.1) is 0 Å². The molecule has 1 saturated carbocycles. The van der Waals surface area contributed by atoms with Gasteiger partial charge in [0.15, 0.2) is 0 Å². The number of rotatable bonds is 5. The van der Waals surface area contributed by atoms with Gasteiger partial charge in [-0.3, -0.25) is 19.4 Å². The van der Waals surface area contributed by atoms with E-state index in [0.717, 1.165) is 17.7 Å². The third kappa shape index (κ3) is 3.37. The van der Waals surface area contributed by atoms with Gasteiger partial charge in [0.05, 0.1) is 6.04 Å². The Kier molecular flexibility index (Phi) is 4.30. The highest BCUT2D eigenvalue weighted by Gasteiger charge is 2.46. The van der Waals surface area contributed by atoms with Crippen LogP contribution in [-0.2, 0) is 16.1 Å². The Hall–Kier alpha value is -3.22. The standard InChI is InChI=1S/C22H22N4O3/c27-20(13-26-10-14-5-1-2-6-16(14)22(26)29)25-11-15(12-25)24-21(28)18-9-17(18)19-7-3-4-8-23-19/h1-8,15,17-18H,9-13H2,(H,24,28)/t17-,18-/m1/s1. The zero-order valence-electron chi connectivity index (χ0n) is 16.0. The molecule has 7 nitrogen and oxygen atoms in total. The number of amides is 3. The van der Waals surface area contributed by atoms with Crippen LogP contribution >= 0.6 is 0 Å². The lowest BCUT2D eigenvalue weighted by atomic mass is 10.1. The van der Waals surface area contributed by atoms with Gasteiger partial charge in [-0.05, 0) is 30.2 Å². The maximum Gasteiger partial charge on any atom is 0.254 e. The average molecular weight is 390 g/mol. The smallest absolute Gasteiger partial charge is 0.254 e. The van der Waals surface area contributed by atoms with Gasteiger partial charge >= 0.3 is 0 Å². The molecule has 1 N–H and O–H groups in total. The van der Waals surface area contributed by atoms with Crippen LogP contribution in [0.15, 0.2) is 48.7 Å². The van der Waals surface area contributed by atoms with Crippen LogP contribution in [0.25, 0.3) is 0 Å². The van der Waals surface area contributed by atoms with E-state index in [9.17, 15) is 14.4 Å². The molecule has 3 amide bonds. The van der Waals surface area contributed by atoms with Gasteiger partial charge in [0.2, 0.25) is 11.8 Å². The molecule has 0 spiro atoms. The van der Waals surface area contributed by atoms with E-state index in [0.29, 0.717) is 25.2 Å². The van der Waals surface area contributed by atoms with Gasteiger partial charge < -0.3 is 15.1 Å². The Bertz CT molecular complexity index is 971. The second-order valence-electron chi connectivity index (χ2n) is 8.03. The Morgan fingerprint density at radius 3 is 2.66 bits per heavy atom. The molecule has 148 valence electrons. The van der Waals surface area contributed by atoms with E-state index in [1.807, 2.05) is 36.4 Å². The highest BCUT2D eigenvalue weighted by atomic mass is 16.2. The first kappa shape index (κ1) is 17.8. The largest absolute Gasteiger partial charge is 0.350 e. The first-order valence-corrected chi connectivity index (χ1v) is 9.96. The summed E-state index contributed by atoms with van der Waals surface area (Å²) in [5.74, 6) is 0.0678. The van der Waals surface area contributed by atoms with E-state index in [1.165, 1.54) is 0 Å². The number of nitrogens with zero attached hydrogens (tertiary/aromatic N) is 3. The summed E-state index contributed by atoms with van der Waals surface area (Å²) in [6.45, 7) is 1.56. The van der Waals surface area contributed by atoms with Crippen LogP contribution in [0.5, 0.6) is 0 Å².